The van der Waals surface area contributed by atoms with Crippen molar-refractivity contribution in [1.82, 2.24) is 0 Å². The molecule has 0 spiro atoms. The Bertz CT molecular complexity index is 1210. The highest BCUT2D eigenvalue weighted by molar-refractivity contribution is 7.26. The zero-order valence-electron chi connectivity index (χ0n) is 11.4. The molecule has 0 N–H and O–H groups in total. The van der Waals surface area contributed by atoms with Gasteiger partial charge in [-0.2, -0.15) is 0 Å². The number of nitrogens with zero attached hydrogens (tertiary/aromatic N) is 1. The molecule has 5 rings (SSSR count). The maximum Gasteiger partial charge on any atom is 0.277 e. The Balaban J connectivity index is 2.28. The van der Waals surface area contributed by atoms with Gasteiger partial charge in [-0.15, -0.1) is 11.3 Å². The summed E-state index contributed by atoms with van der Waals surface area (Å²) in [6.07, 6.45) is 0. The van der Waals surface area contributed by atoms with E-state index in [0.29, 0.717) is 0 Å². The van der Waals surface area contributed by atoms with Crippen molar-refractivity contribution in [3.8, 4) is 0 Å². The summed E-state index contributed by atoms with van der Waals surface area (Å²) in [6.45, 7) is 0. The molecule has 22 heavy (non-hydrogen) atoms. The largest absolute Gasteiger partial charge is 0.277 e. The van der Waals surface area contributed by atoms with Crippen molar-refractivity contribution in [2.75, 3.05) is 0 Å². The number of non-ortho nitro benzene ring substituents is 1. The van der Waals surface area contributed by atoms with Crippen molar-refractivity contribution < 1.29 is 4.92 Å². The van der Waals surface area contributed by atoms with E-state index in [2.05, 4.69) is 18.2 Å². The molecule has 5 aromatic rings. The molecule has 1 aromatic heterocycles. The van der Waals surface area contributed by atoms with Gasteiger partial charge in [0.05, 0.1) is 10.3 Å². The van der Waals surface area contributed by atoms with Crippen molar-refractivity contribution in [3.63, 3.8) is 0 Å². The number of nitro groups is 1. The van der Waals surface area contributed by atoms with Crippen LogP contribution in [0.1, 0.15) is 0 Å². The summed E-state index contributed by atoms with van der Waals surface area (Å²) in [4.78, 5) is 11.2. The van der Waals surface area contributed by atoms with Gasteiger partial charge in [-0.05, 0) is 28.3 Å². The minimum absolute atomic E-state index is 0.189. The lowest BCUT2D eigenvalue weighted by molar-refractivity contribution is -0.383. The van der Waals surface area contributed by atoms with Gasteiger partial charge in [-0.3, -0.25) is 10.1 Å². The molecule has 0 aliphatic rings. The van der Waals surface area contributed by atoms with Crippen LogP contribution < -0.4 is 0 Å². The molecule has 104 valence electrons. The molecular weight excluding hydrogens is 294 g/mol. The fraction of sp³-hybridized carbons (Fsp3) is 0. The SMILES string of the molecule is O=[N+]([O-])c1ccc2sc3cccc4c5ccccc5c1c2c34. The van der Waals surface area contributed by atoms with Crippen LogP contribution in [-0.2, 0) is 0 Å². The van der Waals surface area contributed by atoms with Crippen LogP contribution in [0.25, 0.3) is 41.7 Å². The van der Waals surface area contributed by atoms with E-state index in [1.165, 1.54) is 10.1 Å². The molecular formula is C18H9NO2S. The average molecular weight is 303 g/mol. The van der Waals surface area contributed by atoms with E-state index in [0.717, 1.165) is 31.6 Å². The number of hydrogen-bond acceptors (Lipinski definition) is 3. The van der Waals surface area contributed by atoms with Gasteiger partial charge in [-0.25, -0.2) is 0 Å². The molecule has 3 nitrogen and oxygen atoms in total. The Hall–Kier alpha value is -2.72. The summed E-state index contributed by atoms with van der Waals surface area (Å²) in [5, 5.41) is 17.7. The summed E-state index contributed by atoms with van der Waals surface area (Å²) in [7, 11) is 0. The number of nitro benzene ring substituents is 1. The Labute approximate surface area is 128 Å². The third kappa shape index (κ3) is 1.30. The number of thiophene rings is 1. The number of fused-ring (bicyclic) bond motifs is 3. The van der Waals surface area contributed by atoms with Crippen LogP contribution in [0.5, 0.6) is 0 Å². The Morgan fingerprint density at radius 3 is 2.23 bits per heavy atom. The van der Waals surface area contributed by atoms with E-state index in [1.54, 1.807) is 17.4 Å². The molecule has 0 unspecified atom stereocenters. The normalized spacial score (nSPS) is 12.0. The fourth-order valence-corrected chi connectivity index (χ4v) is 4.62. The molecule has 0 aliphatic heterocycles. The average Bonchev–Trinajstić information content (AvgIpc) is 2.92. The Morgan fingerprint density at radius 1 is 0.727 bits per heavy atom. The molecule has 0 radical (unpaired) electrons. The maximum atomic E-state index is 11.5. The standard InChI is InChI=1S/C18H9NO2S/c20-19(21)13-8-9-15-18-16(13)11-5-2-1-4-10(11)12-6-3-7-14(22-15)17(12)18/h1-9H. The molecule has 4 heteroatoms. The van der Waals surface area contributed by atoms with Gasteiger partial charge >= 0.3 is 0 Å². The second-order valence-corrected chi connectivity index (χ2v) is 6.50. The van der Waals surface area contributed by atoms with Gasteiger partial charge in [-0.1, -0.05) is 36.4 Å². The summed E-state index contributed by atoms with van der Waals surface area (Å²) in [6, 6.07) is 17.7. The second kappa shape index (κ2) is 3.93. The lowest BCUT2D eigenvalue weighted by Crippen LogP contribution is -1.91. The van der Waals surface area contributed by atoms with Gasteiger partial charge in [0.15, 0.2) is 0 Å². The van der Waals surface area contributed by atoms with Gasteiger partial charge in [0, 0.05) is 26.2 Å². The topological polar surface area (TPSA) is 43.1 Å². The third-order valence-corrected chi connectivity index (χ3v) is 5.44. The van der Waals surface area contributed by atoms with E-state index < -0.39 is 0 Å². The minimum Gasteiger partial charge on any atom is -0.258 e. The Kier molecular flexibility index (Phi) is 2.12. The molecule has 0 atom stereocenters. The van der Waals surface area contributed by atoms with Crippen molar-refractivity contribution in [2.24, 2.45) is 0 Å². The summed E-state index contributed by atoms with van der Waals surface area (Å²) < 4.78 is 2.29. The third-order valence-electron chi connectivity index (χ3n) is 4.32. The lowest BCUT2D eigenvalue weighted by atomic mass is 9.93. The lowest BCUT2D eigenvalue weighted by Gasteiger charge is -2.09. The number of benzene rings is 4. The predicted octanol–water partition coefficient (Wildman–Crippen LogP) is 5.71. The van der Waals surface area contributed by atoms with Crippen molar-refractivity contribution in [2.45, 2.75) is 0 Å². The highest BCUT2D eigenvalue weighted by Gasteiger charge is 2.22. The van der Waals surface area contributed by atoms with E-state index in [1.807, 2.05) is 30.3 Å². The monoisotopic (exact) mass is 303 g/mol. The predicted molar refractivity (Wildman–Crippen MR) is 92.2 cm³/mol. The highest BCUT2D eigenvalue weighted by atomic mass is 32.1. The fourth-order valence-electron chi connectivity index (χ4n) is 3.48. The summed E-state index contributed by atoms with van der Waals surface area (Å²) in [5.41, 5.74) is 0.189. The first-order chi connectivity index (χ1) is 10.8. The first-order valence-electron chi connectivity index (χ1n) is 6.98. The Morgan fingerprint density at radius 2 is 1.41 bits per heavy atom. The van der Waals surface area contributed by atoms with Gasteiger partial charge in [0.1, 0.15) is 0 Å². The second-order valence-electron chi connectivity index (χ2n) is 5.42. The van der Waals surface area contributed by atoms with Crippen LogP contribution in [0.4, 0.5) is 5.69 Å². The van der Waals surface area contributed by atoms with E-state index in [4.69, 9.17) is 0 Å². The zero-order chi connectivity index (χ0) is 14.8. The van der Waals surface area contributed by atoms with Gasteiger partial charge in [0.2, 0.25) is 0 Å². The maximum absolute atomic E-state index is 11.5. The van der Waals surface area contributed by atoms with Crippen molar-refractivity contribution in [3.05, 3.63) is 64.7 Å². The molecule has 0 aliphatic carbocycles. The van der Waals surface area contributed by atoms with Crippen LogP contribution in [0.2, 0.25) is 0 Å². The highest BCUT2D eigenvalue weighted by Crippen LogP contribution is 2.47. The molecule has 0 saturated carbocycles. The quantitative estimate of drug-likeness (QED) is 0.226. The van der Waals surface area contributed by atoms with Crippen LogP contribution >= 0.6 is 11.3 Å². The summed E-state index contributed by atoms with van der Waals surface area (Å²) in [5.74, 6) is 0. The first-order valence-corrected chi connectivity index (χ1v) is 7.80. The van der Waals surface area contributed by atoms with Crippen LogP contribution in [-0.4, -0.2) is 4.92 Å². The van der Waals surface area contributed by atoms with E-state index in [9.17, 15) is 10.1 Å². The summed E-state index contributed by atoms with van der Waals surface area (Å²) >= 11 is 1.70. The van der Waals surface area contributed by atoms with Crippen LogP contribution in [0.3, 0.4) is 0 Å². The van der Waals surface area contributed by atoms with E-state index in [-0.39, 0.29) is 10.6 Å². The number of rotatable bonds is 1. The zero-order valence-corrected chi connectivity index (χ0v) is 12.2. The van der Waals surface area contributed by atoms with Crippen LogP contribution in [0, 0.1) is 10.1 Å². The van der Waals surface area contributed by atoms with E-state index >= 15 is 0 Å². The van der Waals surface area contributed by atoms with Gasteiger partial charge in [0.25, 0.3) is 5.69 Å². The molecule has 1 heterocycles. The molecule has 4 aromatic carbocycles. The molecule has 0 saturated heterocycles. The smallest absolute Gasteiger partial charge is 0.258 e. The minimum atomic E-state index is -0.275. The number of hydrogen-bond donors (Lipinski definition) is 0. The van der Waals surface area contributed by atoms with Crippen LogP contribution in [0.15, 0.2) is 54.6 Å². The van der Waals surface area contributed by atoms with Crippen molar-refractivity contribution >= 4 is 58.7 Å². The molecule has 0 fully saturated rings. The molecule has 0 bridgehead atoms. The van der Waals surface area contributed by atoms with Crippen molar-refractivity contribution in [1.29, 1.82) is 0 Å². The first kappa shape index (κ1) is 11.9. The molecule has 0 amide bonds. The van der Waals surface area contributed by atoms with Gasteiger partial charge < -0.3 is 0 Å².